The summed E-state index contributed by atoms with van der Waals surface area (Å²) in [4.78, 5) is 11.8. The molecule has 2 unspecified atom stereocenters. The van der Waals surface area contributed by atoms with Gasteiger partial charge in [-0.25, -0.2) is 4.79 Å². The standard InChI is InChI=1S/C19H30N2O2/c1-13(12-15-6-7-15)20-14(2)16-8-10-17(11-9-16)21-18(22)23-19(3,4)5/h8-11,13-15,20H,6-7,12H2,1-5H3,(H,21,22). The van der Waals surface area contributed by atoms with Gasteiger partial charge >= 0.3 is 6.09 Å². The van der Waals surface area contributed by atoms with E-state index in [1.807, 2.05) is 45.0 Å². The molecule has 128 valence electrons. The molecule has 2 rings (SSSR count). The fourth-order valence-corrected chi connectivity index (χ4v) is 2.72. The van der Waals surface area contributed by atoms with Crippen LogP contribution >= 0.6 is 0 Å². The first kappa shape index (κ1) is 17.8. The maximum Gasteiger partial charge on any atom is 0.412 e. The molecule has 2 N–H and O–H groups in total. The Labute approximate surface area is 140 Å². The molecule has 1 amide bonds. The third-order valence-electron chi connectivity index (χ3n) is 3.97. The first-order valence-electron chi connectivity index (χ1n) is 8.59. The molecule has 0 heterocycles. The van der Waals surface area contributed by atoms with Gasteiger partial charge in [0.25, 0.3) is 0 Å². The highest BCUT2D eigenvalue weighted by atomic mass is 16.6. The summed E-state index contributed by atoms with van der Waals surface area (Å²) < 4.78 is 5.25. The van der Waals surface area contributed by atoms with E-state index in [2.05, 4.69) is 24.5 Å². The van der Waals surface area contributed by atoms with Crippen molar-refractivity contribution in [3.63, 3.8) is 0 Å². The number of hydrogen-bond acceptors (Lipinski definition) is 3. The Kier molecular flexibility index (Phi) is 5.69. The number of rotatable bonds is 6. The van der Waals surface area contributed by atoms with Crippen LogP contribution in [-0.2, 0) is 4.74 Å². The quantitative estimate of drug-likeness (QED) is 0.786. The van der Waals surface area contributed by atoms with Crippen molar-refractivity contribution >= 4 is 11.8 Å². The van der Waals surface area contributed by atoms with Crippen molar-refractivity contribution in [3.05, 3.63) is 29.8 Å². The molecule has 0 spiro atoms. The first-order chi connectivity index (χ1) is 10.7. The van der Waals surface area contributed by atoms with Crippen molar-refractivity contribution < 1.29 is 9.53 Å². The average molecular weight is 318 g/mol. The summed E-state index contributed by atoms with van der Waals surface area (Å²) in [5.74, 6) is 0.935. The van der Waals surface area contributed by atoms with E-state index in [-0.39, 0.29) is 0 Å². The number of anilines is 1. The van der Waals surface area contributed by atoms with Gasteiger partial charge in [0.05, 0.1) is 0 Å². The number of benzene rings is 1. The molecule has 1 aromatic carbocycles. The Balaban J connectivity index is 1.84. The number of carbonyl (C=O) groups is 1. The summed E-state index contributed by atoms with van der Waals surface area (Å²) in [6.07, 6.45) is 3.63. The fourth-order valence-electron chi connectivity index (χ4n) is 2.72. The number of nitrogens with one attached hydrogen (secondary N) is 2. The molecule has 1 saturated carbocycles. The SMILES string of the molecule is CC(CC1CC1)NC(C)c1ccc(NC(=O)OC(C)(C)C)cc1. The molecule has 4 nitrogen and oxygen atoms in total. The van der Waals surface area contributed by atoms with Crippen molar-refractivity contribution in [2.45, 2.75) is 71.6 Å². The molecule has 0 aliphatic heterocycles. The molecule has 0 bridgehead atoms. The second kappa shape index (κ2) is 7.35. The van der Waals surface area contributed by atoms with Gasteiger partial charge in [-0.15, -0.1) is 0 Å². The van der Waals surface area contributed by atoms with Gasteiger partial charge < -0.3 is 10.1 Å². The Hall–Kier alpha value is -1.55. The lowest BCUT2D eigenvalue weighted by molar-refractivity contribution is 0.0636. The zero-order valence-corrected chi connectivity index (χ0v) is 15.0. The maximum absolute atomic E-state index is 11.8. The normalized spacial score (nSPS) is 17.4. The fraction of sp³-hybridized carbons (Fsp3) is 0.632. The van der Waals surface area contributed by atoms with Crippen LogP contribution in [0.2, 0.25) is 0 Å². The van der Waals surface area contributed by atoms with Gasteiger partial charge in [-0.05, 0) is 64.7 Å². The molecule has 1 aliphatic rings. The van der Waals surface area contributed by atoms with Crippen molar-refractivity contribution in [2.75, 3.05) is 5.32 Å². The molecule has 0 saturated heterocycles. The highest BCUT2D eigenvalue weighted by Crippen LogP contribution is 2.33. The van der Waals surface area contributed by atoms with E-state index in [0.29, 0.717) is 12.1 Å². The lowest BCUT2D eigenvalue weighted by Gasteiger charge is -2.21. The predicted octanol–water partition coefficient (Wildman–Crippen LogP) is 4.87. The second-order valence-corrected chi connectivity index (χ2v) is 7.72. The van der Waals surface area contributed by atoms with E-state index in [4.69, 9.17) is 4.74 Å². The molecule has 4 heteroatoms. The van der Waals surface area contributed by atoms with E-state index in [0.717, 1.165) is 11.6 Å². The summed E-state index contributed by atoms with van der Waals surface area (Å²) in [6.45, 7) is 10.00. The van der Waals surface area contributed by atoms with E-state index in [9.17, 15) is 4.79 Å². The Morgan fingerprint density at radius 2 is 1.83 bits per heavy atom. The van der Waals surface area contributed by atoms with Crippen molar-refractivity contribution in [1.29, 1.82) is 0 Å². The summed E-state index contributed by atoms with van der Waals surface area (Å²) >= 11 is 0. The summed E-state index contributed by atoms with van der Waals surface area (Å²) in [6, 6.07) is 8.78. The van der Waals surface area contributed by atoms with Gasteiger partial charge in [-0.3, -0.25) is 5.32 Å². The molecular weight excluding hydrogens is 288 g/mol. The molecule has 1 aromatic rings. The van der Waals surface area contributed by atoms with Gasteiger partial charge in [-0.2, -0.15) is 0 Å². The summed E-state index contributed by atoms with van der Waals surface area (Å²) in [5, 5.41) is 6.40. The van der Waals surface area contributed by atoms with E-state index in [1.54, 1.807) is 0 Å². The zero-order valence-electron chi connectivity index (χ0n) is 15.0. The third-order valence-corrected chi connectivity index (χ3v) is 3.97. The molecule has 1 aliphatic carbocycles. The number of hydrogen-bond donors (Lipinski definition) is 2. The van der Waals surface area contributed by atoms with Crippen LogP contribution < -0.4 is 10.6 Å². The molecule has 23 heavy (non-hydrogen) atoms. The topological polar surface area (TPSA) is 50.4 Å². The average Bonchev–Trinajstić information content (AvgIpc) is 3.20. The number of carbonyl (C=O) groups excluding carboxylic acids is 1. The van der Waals surface area contributed by atoms with Crippen LogP contribution in [0.4, 0.5) is 10.5 Å². The van der Waals surface area contributed by atoms with Crippen LogP contribution in [0.1, 0.15) is 65.5 Å². The van der Waals surface area contributed by atoms with Gasteiger partial charge in [-0.1, -0.05) is 25.0 Å². The van der Waals surface area contributed by atoms with Gasteiger partial charge in [0.1, 0.15) is 5.60 Å². The van der Waals surface area contributed by atoms with Crippen LogP contribution in [0.5, 0.6) is 0 Å². The second-order valence-electron chi connectivity index (χ2n) is 7.72. The van der Waals surface area contributed by atoms with Crippen LogP contribution in [-0.4, -0.2) is 17.7 Å². The van der Waals surface area contributed by atoms with Crippen LogP contribution in [0.15, 0.2) is 24.3 Å². The smallest absolute Gasteiger partial charge is 0.412 e. The lowest BCUT2D eigenvalue weighted by Crippen LogP contribution is -2.29. The van der Waals surface area contributed by atoms with E-state index < -0.39 is 11.7 Å². The van der Waals surface area contributed by atoms with Crippen molar-refractivity contribution in [2.24, 2.45) is 5.92 Å². The van der Waals surface area contributed by atoms with Gasteiger partial charge in [0, 0.05) is 17.8 Å². The minimum absolute atomic E-state index is 0.305. The van der Waals surface area contributed by atoms with Crippen molar-refractivity contribution in [3.8, 4) is 0 Å². The highest BCUT2D eigenvalue weighted by Gasteiger charge is 2.24. The lowest BCUT2D eigenvalue weighted by atomic mass is 10.1. The van der Waals surface area contributed by atoms with E-state index in [1.165, 1.54) is 24.8 Å². The van der Waals surface area contributed by atoms with Crippen LogP contribution in [0.25, 0.3) is 0 Å². The minimum atomic E-state index is -0.486. The highest BCUT2D eigenvalue weighted by molar-refractivity contribution is 5.84. The third kappa shape index (κ3) is 6.61. The number of amides is 1. The summed E-state index contributed by atoms with van der Waals surface area (Å²) in [7, 11) is 0. The Morgan fingerprint density at radius 1 is 1.22 bits per heavy atom. The first-order valence-corrected chi connectivity index (χ1v) is 8.59. The maximum atomic E-state index is 11.8. The minimum Gasteiger partial charge on any atom is -0.444 e. The largest absolute Gasteiger partial charge is 0.444 e. The predicted molar refractivity (Wildman–Crippen MR) is 94.7 cm³/mol. The monoisotopic (exact) mass is 318 g/mol. The van der Waals surface area contributed by atoms with Gasteiger partial charge in [0.2, 0.25) is 0 Å². The number of ether oxygens (including phenoxy) is 1. The molecule has 0 radical (unpaired) electrons. The van der Waals surface area contributed by atoms with Gasteiger partial charge in [0.15, 0.2) is 0 Å². The molecule has 2 atom stereocenters. The van der Waals surface area contributed by atoms with Crippen LogP contribution in [0.3, 0.4) is 0 Å². The molecule has 0 aromatic heterocycles. The van der Waals surface area contributed by atoms with Crippen LogP contribution in [0, 0.1) is 5.92 Å². The molecule has 1 fully saturated rings. The van der Waals surface area contributed by atoms with Crippen molar-refractivity contribution in [1.82, 2.24) is 5.32 Å². The summed E-state index contributed by atoms with van der Waals surface area (Å²) in [5.41, 5.74) is 1.49. The Morgan fingerprint density at radius 3 is 2.35 bits per heavy atom. The Bertz CT molecular complexity index is 515. The van der Waals surface area contributed by atoms with E-state index >= 15 is 0 Å². The molecular formula is C19H30N2O2. The zero-order chi connectivity index (χ0) is 17.0.